The van der Waals surface area contributed by atoms with Crippen LogP contribution in [0.2, 0.25) is 0 Å². The van der Waals surface area contributed by atoms with E-state index in [-0.39, 0.29) is 12.0 Å². The molecule has 0 bridgehead atoms. The normalized spacial score (nSPS) is 21.1. The van der Waals surface area contributed by atoms with E-state index in [9.17, 15) is 4.79 Å². The van der Waals surface area contributed by atoms with Crippen LogP contribution in [0.25, 0.3) is 0 Å². The number of piperazine rings is 1. The minimum atomic E-state index is -0.465. The van der Waals surface area contributed by atoms with Crippen LogP contribution >= 0.6 is 0 Å². The summed E-state index contributed by atoms with van der Waals surface area (Å²) in [7, 11) is 0. The van der Waals surface area contributed by atoms with Gasteiger partial charge >= 0.3 is 5.97 Å². The fourth-order valence-corrected chi connectivity index (χ4v) is 1.97. The Balaban J connectivity index is 1.96. The molecule has 19 heavy (non-hydrogen) atoms. The van der Waals surface area contributed by atoms with Gasteiger partial charge in [0.15, 0.2) is 0 Å². The summed E-state index contributed by atoms with van der Waals surface area (Å²) in [6.07, 6.45) is 0. The average Bonchev–Trinajstić information content (AvgIpc) is 2.39. The molecular formula is C15H22N2O2. The lowest BCUT2D eigenvalue weighted by Crippen LogP contribution is -2.47. The minimum Gasteiger partial charge on any atom is -0.367 e. The third-order valence-corrected chi connectivity index (χ3v) is 3.16. The molecule has 4 nitrogen and oxygen atoms in total. The van der Waals surface area contributed by atoms with E-state index < -0.39 is 5.41 Å². The topological polar surface area (TPSA) is 41.6 Å². The fraction of sp³-hybridized carbons (Fsp3) is 0.533. The molecule has 1 unspecified atom stereocenters. The van der Waals surface area contributed by atoms with Gasteiger partial charge in [0.1, 0.15) is 0 Å². The second-order valence-electron chi connectivity index (χ2n) is 5.93. The lowest BCUT2D eigenvalue weighted by Gasteiger charge is -2.33. The molecule has 1 aliphatic heterocycles. The van der Waals surface area contributed by atoms with E-state index in [0.717, 1.165) is 13.1 Å². The van der Waals surface area contributed by atoms with Crippen LogP contribution in [0.1, 0.15) is 32.4 Å². The molecule has 1 atom stereocenters. The Morgan fingerprint density at radius 3 is 2.63 bits per heavy atom. The first-order valence-corrected chi connectivity index (χ1v) is 6.72. The number of nitrogens with zero attached hydrogens (tertiary/aromatic N) is 1. The number of benzene rings is 1. The Kier molecular flexibility index (Phi) is 4.22. The van der Waals surface area contributed by atoms with Crippen molar-refractivity contribution in [3.63, 3.8) is 0 Å². The van der Waals surface area contributed by atoms with E-state index in [1.54, 1.807) is 5.06 Å². The zero-order valence-corrected chi connectivity index (χ0v) is 11.8. The number of hydrogen-bond donors (Lipinski definition) is 1. The van der Waals surface area contributed by atoms with E-state index in [2.05, 4.69) is 17.4 Å². The van der Waals surface area contributed by atoms with Crippen LogP contribution in [-0.4, -0.2) is 30.7 Å². The first-order valence-electron chi connectivity index (χ1n) is 6.72. The predicted octanol–water partition coefficient (Wildman–Crippen LogP) is 2.14. The van der Waals surface area contributed by atoms with E-state index in [1.807, 2.05) is 39.0 Å². The Morgan fingerprint density at radius 1 is 1.32 bits per heavy atom. The van der Waals surface area contributed by atoms with Gasteiger partial charge in [-0.1, -0.05) is 30.3 Å². The highest BCUT2D eigenvalue weighted by atomic mass is 16.7. The molecular weight excluding hydrogens is 240 g/mol. The maximum Gasteiger partial charge on any atom is 0.330 e. The van der Waals surface area contributed by atoms with E-state index in [4.69, 9.17) is 4.84 Å². The number of rotatable bonds is 2. The molecule has 1 aromatic rings. The summed E-state index contributed by atoms with van der Waals surface area (Å²) < 4.78 is 0. The Morgan fingerprint density at radius 2 is 2.00 bits per heavy atom. The van der Waals surface area contributed by atoms with Crippen LogP contribution in [0.3, 0.4) is 0 Å². The van der Waals surface area contributed by atoms with Gasteiger partial charge in [0.25, 0.3) is 0 Å². The van der Waals surface area contributed by atoms with Crippen LogP contribution in [0.5, 0.6) is 0 Å². The largest absolute Gasteiger partial charge is 0.367 e. The second-order valence-corrected chi connectivity index (χ2v) is 5.93. The molecule has 0 spiro atoms. The van der Waals surface area contributed by atoms with Crippen molar-refractivity contribution in [1.82, 2.24) is 10.4 Å². The summed E-state index contributed by atoms with van der Waals surface area (Å²) in [5.74, 6) is -0.179. The quantitative estimate of drug-likeness (QED) is 0.886. The monoisotopic (exact) mass is 262 g/mol. The lowest BCUT2D eigenvalue weighted by atomic mass is 9.98. The lowest BCUT2D eigenvalue weighted by molar-refractivity contribution is -0.205. The highest BCUT2D eigenvalue weighted by molar-refractivity contribution is 5.75. The van der Waals surface area contributed by atoms with Gasteiger partial charge in [0.05, 0.1) is 12.0 Å². The Hall–Kier alpha value is -1.39. The van der Waals surface area contributed by atoms with Crippen molar-refractivity contribution in [2.45, 2.75) is 26.8 Å². The molecule has 1 heterocycles. The van der Waals surface area contributed by atoms with Crippen LogP contribution in [0.15, 0.2) is 30.3 Å². The summed E-state index contributed by atoms with van der Waals surface area (Å²) in [5.41, 5.74) is 0.756. The molecule has 0 aromatic heterocycles. The zero-order valence-electron chi connectivity index (χ0n) is 11.8. The van der Waals surface area contributed by atoms with Gasteiger partial charge in [-0.15, -0.1) is 5.06 Å². The minimum absolute atomic E-state index is 0.179. The highest BCUT2D eigenvalue weighted by Crippen LogP contribution is 2.20. The highest BCUT2D eigenvalue weighted by Gasteiger charge is 2.29. The summed E-state index contributed by atoms with van der Waals surface area (Å²) in [4.78, 5) is 17.4. The first-order chi connectivity index (χ1) is 8.97. The van der Waals surface area contributed by atoms with Crippen LogP contribution in [0.4, 0.5) is 0 Å². The molecule has 4 heteroatoms. The smallest absolute Gasteiger partial charge is 0.330 e. The number of hydrogen-bond acceptors (Lipinski definition) is 4. The zero-order chi connectivity index (χ0) is 13.9. The molecule has 0 saturated carbocycles. The predicted molar refractivity (Wildman–Crippen MR) is 74.3 cm³/mol. The molecule has 0 aliphatic carbocycles. The van der Waals surface area contributed by atoms with Crippen LogP contribution < -0.4 is 5.32 Å². The third-order valence-electron chi connectivity index (χ3n) is 3.16. The maximum atomic E-state index is 11.9. The summed E-state index contributed by atoms with van der Waals surface area (Å²) in [6, 6.07) is 10.4. The van der Waals surface area contributed by atoms with Gasteiger partial charge in [-0.3, -0.25) is 0 Å². The van der Waals surface area contributed by atoms with E-state index in [1.165, 1.54) is 5.56 Å². The Labute approximate surface area is 114 Å². The molecule has 1 saturated heterocycles. The van der Waals surface area contributed by atoms with Gasteiger partial charge in [-0.2, -0.15) is 0 Å². The average molecular weight is 262 g/mol. The summed E-state index contributed by atoms with van der Waals surface area (Å²) in [6.45, 7) is 7.83. The van der Waals surface area contributed by atoms with Crippen LogP contribution in [-0.2, 0) is 9.63 Å². The van der Waals surface area contributed by atoms with E-state index in [0.29, 0.717) is 6.54 Å². The number of carbonyl (C=O) groups excluding carboxylic acids is 1. The number of hydroxylamine groups is 2. The van der Waals surface area contributed by atoms with Crippen molar-refractivity contribution < 1.29 is 9.63 Å². The number of carbonyl (C=O) groups is 1. The third kappa shape index (κ3) is 3.78. The van der Waals surface area contributed by atoms with Crippen molar-refractivity contribution in [3.8, 4) is 0 Å². The van der Waals surface area contributed by atoms with Crippen molar-refractivity contribution in [2.75, 3.05) is 19.6 Å². The molecule has 0 amide bonds. The van der Waals surface area contributed by atoms with Gasteiger partial charge in [0, 0.05) is 19.1 Å². The van der Waals surface area contributed by atoms with Gasteiger partial charge in [-0.25, -0.2) is 4.79 Å². The summed E-state index contributed by atoms with van der Waals surface area (Å²) in [5, 5.41) is 5.21. The molecule has 1 aromatic carbocycles. The summed E-state index contributed by atoms with van der Waals surface area (Å²) >= 11 is 0. The maximum absolute atomic E-state index is 11.9. The molecule has 1 aliphatic rings. The number of nitrogens with one attached hydrogen (secondary N) is 1. The van der Waals surface area contributed by atoms with Gasteiger partial charge in [-0.05, 0) is 26.3 Å². The van der Waals surface area contributed by atoms with Crippen molar-refractivity contribution in [3.05, 3.63) is 35.9 Å². The van der Waals surface area contributed by atoms with Crippen LogP contribution in [0, 0.1) is 5.41 Å². The van der Waals surface area contributed by atoms with E-state index >= 15 is 0 Å². The van der Waals surface area contributed by atoms with Gasteiger partial charge in [0.2, 0.25) is 0 Å². The second kappa shape index (κ2) is 5.72. The molecule has 1 fully saturated rings. The van der Waals surface area contributed by atoms with Crippen molar-refractivity contribution >= 4 is 5.97 Å². The van der Waals surface area contributed by atoms with Crippen molar-refractivity contribution in [1.29, 1.82) is 0 Å². The standard InChI is InChI=1S/C15H22N2O2/c1-15(2,3)14(18)19-17-10-9-16-13(11-17)12-7-5-4-6-8-12/h4-8,13,16H,9-11H2,1-3H3. The van der Waals surface area contributed by atoms with Crippen molar-refractivity contribution in [2.24, 2.45) is 5.41 Å². The fourth-order valence-electron chi connectivity index (χ4n) is 1.97. The first kappa shape index (κ1) is 14.0. The van der Waals surface area contributed by atoms with Gasteiger partial charge < -0.3 is 10.2 Å². The molecule has 0 radical (unpaired) electrons. The molecule has 2 rings (SSSR count). The molecule has 1 N–H and O–H groups in total. The molecule has 104 valence electrons. The SMILES string of the molecule is CC(C)(C)C(=O)ON1CCNC(c2ccccc2)C1. The Bertz CT molecular complexity index is 426.